The highest BCUT2D eigenvalue weighted by molar-refractivity contribution is 7.90. The SMILES string of the molecule is CC(NC(=O)[C@@H](N)Cc1ccccc1)c1ccc(S(C)(=O)=O)cc1.Cl. The van der Waals surface area contributed by atoms with Gasteiger partial charge in [0.25, 0.3) is 0 Å². The molecule has 0 aromatic heterocycles. The quantitative estimate of drug-likeness (QED) is 0.801. The number of sulfone groups is 1. The van der Waals surface area contributed by atoms with Crippen LogP contribution in [0.2, 0.25) is 0 Å². The third-order valence-corrected chi connectivity index (χ3v) is 4.93. The van der Waals surface area contributed by atoms with E-state index >= 15 is 0 Å². The van der Waals surface area contributed by atoms with Crippen molar-refractivity contribution < 1.29 is 13.2 Å². The van der Waals surface area contributed by atoms with Crippen molar-refractivity contribution in [2.24, 2.45) is 5.73 Å². The number of carbonyl (C=O) groups is 1. The summed E-state index contributed by atoms with van der Waals surface area (Å²) in [7, 11) is -3.22. The molecule has 25 heavy (non-hydrogen) atoms. The Balaban J connectivity index is 0.00000312. The van der Waals surface area contributed by atoms with Gasteiger partial charge in [-0.05, 0) is 36.6 Å². The number of halogens is 1. The van der Waals surface area contributed by atoms with Gasteiger partial charge in [-0.1, -0.05) is 42.5 Å². The maximum absolute atomic E-state index is 12.2. The van der Waals surface area contributed by atoms with Gasteiger partial charge in [0.2, 0.25) is 5.91 Å². The van der Waals surface area contributed by atoms with Crippen LogP contribution in [0.1, 0.15) is 24.1 Å². The van der Waals surface area contributed by atoms with Crippen molar-refractivity contribution in [3.8, 4) is 0 Å². The third-order valence-electron chi connectivity index (χ3n) is 3.80. The topological polar surface area (TPSA) is 89.3 Å². The van der Waals surface area contributed by atoms with Crippen LogP contribution in [0.4, 0.5) is 0 Å². The van der Waals surface area contributed by atoms with Crippen molar-refractivity contribution in [2.45, 2.75) is 30.3 Å². The van der Waals surface area contributed by atoms with Crippen LogP contribution < -0.4 is 11.1 Å². The van der Waals surface area contributed by atoms with E-state index in [1.807, 2.05) is 37.3 Å². The molecule has 136 valence electrons. The number of nitrogens with two attached hydrogens (primary N) is 1. The predicted molar refractivity (Wildman–Crippen MR) is 101 cm³/mol. The molecule has 2 aromatic carbocycles. The molecule has 0 saturated carbocycles. The molecule has 7 heteroatoms. The fourth-order valence-corrected chi connectivity index (χ4v) is 3.00. The minimum atomic E-state index is -3.22. The Kier molecular flexibility index (Phi) is 7.60. The van der Waals surface area contributed by atoms with Crippen molar-refractivity contribution in [2.75, 3.05) is 6.26 Å². The van der Waals surface area contributed by atoms with Crippen LogP contribution >= 0.6 is 12.4 Å². The highest BCUT2D eigenvalue weighted by Crippen LogP contribution is 2.16. The van der Waals surface area contributed by atoms with E-state index in [9.17, 15) is 13.2 Å². The van der Waals surface area contributed by atoms with Gasteiger partial charge in [-0.25, -0.2) is 8.42 Å². The molecule has 2 atom stereocenters. The Morgan fingerprint density at radius 1 is 1.08 bits per heavy atom. The molecule has 1 amide bonds. The summed E-state index contributed by atoms with van der Waals surface area (Å²) in [4.78, 5) is 12.5. The zero-order valence-corrected chi connectivity index (χ0v) is 15.8. The number of benzene rings is 2. The molecule has 0 spiro atoms. The summed E-state index contributed by atoms with van der Waals surface area (Å²) in [5, 5.41) is 2.86. The van der Waals surface area contributed by atoms with E-state index in [1.54, 1.807) is 12.1 Å². The van der Waals surface area contributed by atoms with E-state index in [2.05, 4.69) is 5.32 Å². The van der Waals surface area contributed by atoms with E-state index < -0.39 is 15.9 Å². The summed E-state index contributed by atoms with van der Waals surface area (Å²) in [5.74, 6) is -0.237. The molecular weight excluding hydrogens is 360 g/mol. The maximum atomic E-state index is 12.2. The van der Waals surface area contributed by atoms with Crippen molar-refractivity contribution in [1.82, 2.24) is 5.32 Å². The number of hydrogen-bond acceptors (Lipinski definition) is 4. The Hall–Kier alpha value is -1.89. The number of carbonyl (C=O) groups excluding carboxylic acids is 1. The maximum Gasteiger partial charge on any atom is 0.237 e. The summed E-state index contributed by atoms with van der Waals surface area (Å²) in [6.45, 7) is 1.84. The summed E-state index contributed by atoms with van der Waals surface area (Å²) in [6, 6.07) is 15.2. The zero-order chi connectivity index (χ0) is 17.7. The van der Waals surface area contributed by atoms with Gasteiger partial charge >= 0.3 is 0 Å². The largest absolute Gasteiger partial charge is 0.348 e. The van der Waals surface area contributed by atoms with Crippen LogP contribution in [0.25, 0.3) is 0 Å². The number of rotatable bonds is 6. The van der Waals surface area contributed by atoms with Crippen LogP contribution in [-0.4, -0.2) is 26.6 Å². The summed E-state index contributed by atoms with van der Waals surface area (Å²) in [5.41, 5.74) is 7.79. The van der Waals surface area contributed by atoms with E-state index in [4.69, 9.17) is 5.73 Å². The first-order valence-corrected chi connectivity index (χ1v) is 9.56. The van der Waals surface area contributed by atoms with Crippen molar-refractivity contribution in [1.29, 1.82) is 0 Å². The van der Waals surface area contributed by atoms with Crippen molar-refractivity contribution in [3.63, 3.8) is 0 Å². The highest BCUT2D eigenvalue weighted by atomic mass is 35.5. The summed E-state index contributed by atoms with van der Waals surface area (Å²) < 4.78 is 22.9. The fourth-order valence-electron chi connectivity index (χ4n) is 2.37. The van der Waals surface area contributed by atoms with Gasteiger partial charge in [0, 0.05) is 6.26 Å². The van der Waals surface area contributed by atoms with Gasteiger partial charge in [-0.15, -0.1) is 12.4 Å². The Morgan fingerprint density at radius 2 is 1.64 bits per heavy atom. The van der Waals surface area contributed by atoms with Gasteiger partial charge in [0.05, 0.1) is 17.0 Å². The molecule has 2 aromatic rings. The highest BCUT2D eigenvalue weighted by Gasteiger charge is 2.17. The van der Waals surface area contributed by atoms with E-state index in [-0.39, 0.29) is 29.3 Å². The lowest BCUT2D eigenvalue weighted by Gasteiger charge is -2.18. The third kappa shape index (κ3) is 6.16. The van der Waals surface area contributed by atoms with Crippen LogP contribution in [0.15, 0.2) is 59.5 Å². The molecule has 0 saturated heterocycles. The second-order valence-corrected chi connectivity index (χ2v) is 7.88. The van der Waals surface area contributed by atoms with Gasteiger partial charge in [-0.3, -0.25) is 4.79 Å². The molecule has 3 N–H and O–H groups in total. The zero-order valence-electron chi connectivity index (χ0n) is 14.2. The van der Waals surface area contributed by atoms with E-state index in [0.717, 1.165) is 17.4 Å². The second kappa shape index (κ2) is 8.99. The monoisotopic (exact) mass is 382 g/mol. The number of nitrogens with one attached hydrogen (secondary N) is 1. The van der Waals surface area contributed by atoms with E-state index in [0.29, 0.717) is 6.42 Å². The van der Waals surface area contributed by atoms with Gasteiger partial charge < -0.3 is 11.1 Å². The normalized spacial score (nSPS) is 13.4. The van der Waals surface area contributed by atoms with Crippen molar-refractivity contribution in [3.05, 3.63) is 65.7 Å². The second-order valence-electron chi connectivity index (χ2n) is 5.87. The molecule has 0 heterocycles. The fraction of sp³-hybridized carbons (Fsp3) is 0.278. The minimum Gasteiger partial charge on any atom is -0.348 e. The molecule has 2 rings (SSSR count). The molecule has 0 bridgehead atoms. The molecule has 0 fully saturated rings. The molecule has 0 aliphatic rings. The number of hydrogen-bond donors (Lipinski definition) is 2. The summed E-state index contributed by atoms with van der Waals surface area (Å²) in [6.07, 6.45) is 1.63. The first-order valence-electron chi connectivity index (χ1n) is 7.67. The van der Waals surface area contributed by atoms with Gasteiger partial charge in [-0.2, -0.15) is 0 Å². The Labute approximate surface area is 155 Å². The average molecular weight is 383 g/mol. The van der Waals surface area contributed by atoms with E-state index in [1.165, 1.54) is 12.1 Å². The lowest BCUT2D eigenvalue weighted by atomic mass is 10.0. The lowest BCUT2D eigenvalue weighted by molar-refractivity contribution is -0.123. The molecule has 0 aliphatic heterocycles. The molecule has 0 aliphatic carbocycles. The summed E-state index contributed by atoms with van der Waals surface area (Å²) >= 11 is 0. The standard InChI is InChI=1S/C18H22N2O3S.ClH/c1-13(15-8-10-16(11-9-15)24(2,22)23)20-18(21)17(19)12-14-6-4-3-5-7-14;/h3-11,13,17H,12,19H2,1-2H3,(H,20,21);1H/t13?,17-;/m0./s1. The van der Waals surface area contributed by atoms with Crippen LogP contribution in [0.3, 0.4) is 0 Å². The van der Waals surface area contributed by atoms with Crippen LogP contribution in [0, 0.1) is 0 Å². The molecule has 1 unspecified atom stereocenters. The Morgan fingerprint density at radius 3 is 2.16 bits per heavy atom. The number of amides is 1. The first-order chi connectivity index (χ1) is 11.3. The van der Waals surface area contributed by atoms with Gasteiger partial charge in [0.15, 0.2) is 9.84 Å². The smallest absolute Gasteiger partial charge is 0.237 e. The Bertz CT molecular complexity index is 793. The lowest BCUT2D eigenvalue weighted by Crippen LogP contribution is -2.42. The van der Waals surface area contributed by atoms with Crippen LogP contribution in [-0.2, 0) is 21.1 Å². The molecular formula is C18H23ClN2O3S. The predicted octanol–water partition coefficient (Wildman–Crippen LogP) is 2.26. The molecule has 5 nitrogen and oxygen atoms in total. The minimum absolute atomic E-state index is 0. The van der Waals surface area contributed by atoms with Gasteiger partial charge in [0.1, 0.15) is 0 Å². The van der Waals surface area contributed by atoms with Crippen molar-refractivity contribution >= 4 is 28.2 Å². The first kappa shape index (κ1) is 21.2. The van der Waals surface area contributed by atoms with Crippen LogP contribution in [0.5, 0.6) is 0 Å². The average Bonchev–Trinajstić information content (AvgIpc) is 2.55. The molecule has 0 radical (unpaired) electrons.